The van der Waals surface area contributed by atoms with Crippen LogP contribution in [0.1, 0.15) is 15.9 Å². The molecule has 106 valence electrons. The number of methoxy groups -OCH3 is 1. The Morgan fingerprint density at radius 3 is 2.81 bits per heavy atom. The van der Waals surface area contributed by atoms with E-state index in [4.69, 9.17) is 4.74 Å². The van der Waals surface area contributed by atoms with Crippen LogP contribution in [0.25, 0.3) is 10.9 Å². The summed E-state index contributed by atoms with van der Waals surface area (Å²) in [5.41, 5.74) is 2.97. The first-order valence-corrected chi connectivity index (χ1v) is 6.90. The molecule has 0 N–H and O–H groups in total. The fourth-order valence-corrected chi connectivity index (χ4v) is 2.50. The number of aromatic nitrogens is 1. The van der Waals surface area contributed by atoms with Gasteiger partial charge in [-0.1, -0.05) is 23.8 Å². The number of benzene rings is 2. The highest BCUT2D eigenvalue weighted by Gasteiger charge is 2.09. The van der Waals surface area contributed by atoms with Gasteiger partial charge >= 0.3 is 0 Å². The first-order chi connectivity index (χ1) is 10.2. The summed E-state index contributed by atoms with van der Waals surface area (Å²) in [6, 6.07) is 15.6. The molecule has 0 spiro atoms. The van der Waals surface area contributed by atoms with Crippen molar-refractivity contribution in [3.05, 3.63) is 65.9 Å². The maximum absolute atomic E-state index is 12.4. The van der Waals surface area contributed by atoms with Gasteiger partial charge in [0.1, 0.15) is 5.75 Å². The van der Waals surface area contributed by atoms with E-state index < -0.39 is 0 Å². The van der Waals surface area contributed by atoms with Gasteiger partial charge in [-0.15, -0.1) is 0 Å². The predicted molar refractivity (Wildman–Crippen MR) is 84.0 cm³/mol. The van der Waals surface area contributed by atoms with Crippen LogP contribution < -0.4 is 4.74 Å². The zero-order valence-corrected chi connectivity index (χ0v) is 12.2. The van der Waals surface area contributed by atoms with Gasteiger partial charge in [-0.2, -0.15) is 0 Å². The lowest BCUT2D eigenvalue weighted by molar-refractivity contribution is 0.0973. The van der Waals surface area contributed by atoms with Gasteiger partial charge in [-0.25, -0.2) is 0 Å². The highest BCUT2D eigenvalue weighted by Crippen LogP contribution is 2.19. The Bertz CT molecular complexity index is 802. The van der Waals surface area contributed by atoms with Crippen molar-refractivity contribution in [2.75, 3.05) is 7.11 Å². The number of ketones is 1. The molecule has 0 unspecified atom stereocenters. The van der Waals surface area contributed by atoms with Gasteiger partial charge in [0.2, 0.25) is 0 Å². The molecule has 3 rings (SSSR count). The minimum absolute atomic E-state index is 0.0759. The summed E-state index contributed by atoms with van der Waals surface area (Å²) < 4.78 is 7.15. The normalized spacial score (nSPS) is 10.8. The number of ether oxygens (including phenoxy) is 1. The Hall–Kier alpha value is -2.55. The van der Waals surface area contributed by atoms with Crippen LogP contribution in [0.3, 0.4) is 0 Å². The summed E-state index contributed by atoms with van der Waals surface area (Å²) in [7, 11) is 1.60. The standard InChI is InChI=1S/C18H17NO2/c1-13-6-7-17-14(10-13)8-9-19(17)12-18(20)15-4-3-5-16(11-15)21-2/h3-11H,12H2,1-2H3. The van der Waals surface area contributed by atoms with Gasteiger partial charge < -0.3 is 9.30 Å². The summed E-state index contributed by atoms with van der Waals surface area (Å²) >= 11 is 0. The second-order valence-corrected chi connectivity index (χ2v) is 5.16. The van der Waals surface area contributed by atoms with Crippen LogP contribution in [0.4, 0.5) is 0 Å². The van der Waals surface area contributed by atoms with Crippen molar-refractivity contribution in [3.8, 4) is 5.75 Å². The number of hydrogen-bond acceptors (Lipinski definition) is 2. The highest BCUT2D eigenvalue weighted by atomic mass is 16.5. The van der Waals surface area contributed by atoms with Gasteiger partial charge in [0, 0.05) is 17.3 Å². The molecule has 2 aromatic carbocycles. The van der Waals surface area contributed by atoms with Gasteiger partial charge in [0.15, 0.2) is 5.78 Å². The van der Waals surface area contributed by atoms with E-state index in [0.717, 1.165) is 10.9 Å². The number of aryl methyl sites for hydroxylation is 1. The molecule has 0 atom stereocenters. The molecule has 0 fully saturated rings. The van der Waals surface area contributed by atoms with Crippen molar-refractivity contribution in [2.45, 2.75) is 13.5 Å². The van der Waals surface area contributed by atoms with E-state index in [1.807, 2.05) is 35.0 Å². The molecular weight excluding hydrogens is 262 g/mol. The molecule has 0 aliphatic rings. The quantitative estimate of drug-likeness (QED) is 0.679. The van der Waals surface area contributed by atoms with E-state index in [2.05, 4.69) is 25.1 Å². The van der Waals surface area contributed by atoms with Crippen LogP contribution in [-0.2, 0) is 6.54 Å². The second kappa shape index (κ2) is 5.44. The van der Waals surface area contributed by atoms with Crippen LogP contribution >= 0.6 is 0 Å². The molecule has 3 heteroatoms. The van der Waals surface area contributed by atoms with Gasteiger partial charge in [0.05, 0.1) is 13.7 Å². The molecule has 3 nitrogen and oxygen atoms in total. The molecule has 0 radical (unpaired) electrons. The first kappa shape index (κ1) is 13.4. The largest absolute Gasteiger partial charge is 0.497 e. The molecule has 21 heavy (non-hydrogen) atoms. The lowest BCUT2D eigenvalue weighted by Crippen LogP contribution is -2.09. The maximum atomic E-state index is 12.4. The Labute approximate surface area is 123 Å². The molecule has 1 heterocycles. The SMILES string of the molecule is COc1cccc(C(=O)Cn2ccc3cc(C)ccc32)c1. The number of rotatable bonds is 4. The fourth-order valence-electron chi connectivity index (χ4n) is 2.50. The minimum Gasteiger partial charge on any atom is -0.497 e. The van der Waals surface area contributed by atoms with Crippen LogP contribution in [0, 0.1) is 6.92 Å². The number of hydrogen-bond donors (Lipinski definition) is 0. The molecule has 1 aromatic heterocycles. The van der Waals surface area contributed by atoms with Crippen molar-refractivity contribution < 1.29 is 9.53 Å². The summed E-state index contributed by atoms with van der Waals surface area (Å²) in [6.45, 7) is 2.40. The Morgan fingerprint density at radius 2 is 2.00 bits per heavy atom. The molecular formula is C18H17NO2. The summed E-state index contributed by atoms with van der Waals surface area (Å²) in [5, 5.41) is 1.16. The van der Waals surface area contributed by atoms with E-state index >= 15 is 0 Å². The Morgan fingerprint density at radius 1 is 1.14 bits per heavy atom. The van der Waals surface area contributed by atoms with Crippen LogP contribution in [0.15, 0.2) is 54.7 Å². The molecule has 3 aromatic rings. The number of fused-ring (bicyclic) bond motifs is 1. The highest BCUT2D eigenvalue weighted by molar-refractivity contribution is 5.97. The van der Waals surface area contributed by atoms with Gasteiger partial charge in [0.25, 0.3) is 0 Å². The average Bonchev–Trinajstić information content (AvgIpc) is 2.89. The monoisotopic (exact) mass is 279 g/mol. The van der Waals surface area contributed by atoms with Crippen LogP contribution in [0.2, 0.25) is 0 Å². The lowest BCUT2D eigenvalue weighted by Gasteiger charge is -2.07. The topological polar surface area (TPSA) is 31.2 Å². The van der Waals surface area contributed by atoms with Crippen molar-refractivity contribution in [1.29, 1.82) is 0 Å². The van der Waals surface area contributed by atoms with Crippen LogP contribution in [0.5, 0.6) is 5.75 Å². The maximum Gasteiger partial charge on any atom is 0.182 e. The Balaban J connectivity index is 1.89. The molecule has 0 saturated carbocycles. The average molecular weight is 279 g/mol. The molecule has 0 bridgehead atoms. The zero-order chi connectivity index (χ0) is 14.8. The Kier molecular flexibility index (Phi) is 3.48. The predicted octanol–water partition coefficient (Wildman–Crippen LogP) is 3.84. The zero-order valence-electron chi connectivity index (χ0n) is 12.2. The van der Waals surface area contributed by atoms with E-state index in [1.54, 1.807) is 13.2 Å². The second-order valence-electron chi connectivity index (χ2n) is 5.16. The van der Waals surface area contributed by atoms with Crippen molar-refractivity contribution in [3.63, 3.8) is 0 Å². The third kappa shape index (κ3) is 2.68. The fraction of sp³-hybridized carbons (Fsp3) is 0.167. The van der Waals surface area contributed by atoms with E-state index in [-0.39, 0.29) is 5.78 Å². The van der Waals surface area contributed by atoms with Crippen molar-refractivity contribution in [2.24, 2.45) is 0 Å². The number of nitrogens with zero attached hydrogens (tertiary/aromatic N) is 1. The number of Topliss-reactive ketones (excluding diaryl/α,β-unsaturated/α-hetero) is 1. The summed E-state index contributed by atoms with van der Waals surface area (Å²) in [5.74, 6) is 0.779. The minimum atomic E-state index is 0.0759. The lowest BCUT2D eigenvalue weighted by atomic mass is 10.1. The van der Waals surface area contributed by atoms with Gasteiger partial charge in [-0.3, -0.25) is 4.79 Å². The molecule has 0 amide bonds. The molecule has 0 aliphatic heterocycles. The summed E-state index contributed by atoms with van der Waals surface area (Å²) in [6.07, 6.45) is 1.96. The summed E-state index contributed by atoms with van der Waals surface area (Å²) in [4.78, 5) is 12.4. The van der Waals surface area contributed by atoms with Crippen molar-refractivity contribution >= 4 is 16.7 Å². The van der Waals surface area contributed by atoms with E-state index in [0.29, 0.717) is 17.9 Å². The van der Waals surface area contributed by atoms with Crippen molar-refractivity contribution in [1.82, 2.24) is 4.57 Å². The van der Waals surface area contributed by atoms with E-state index in [1.165, 1.54) is 5.56 Å². The third-order valence-corrected chi connectivity index (χ3v) is 3.63. The van der Waals surface area contributed by atoms with E-state index in [9.17, 15) is 4.79 Å². The van der Waals surface area contributed by atoms with Crippen LogP contribution in [-0.4, -0.2) is 17.5 Å². The molecule has 0 aliphatic carbocycles. The first-order valence-electron chi connectivity index (χ1n) is 6.90. The number of carbonyl (C=O) groups is 1. The van der Waals surface area contributed by atoms with Gasteiger partial charge in [-0.05, 0) is 42.6 Å². The molecule has 0 saturated heterocycles. The smallest absolute Gasteiger partial charge is 0.182 e. The number of carbonyl (C=O) groups excluding carboxylic acids is 1. The third-order valence-electron chi connectivity index (χ3n) is 3.63.